The minimum atomic E-state index is 0. The summed E-state index contributed by atoms with van der Waals surface area (Å²) in [5.74, 6) is 0. The maximum atomic E-state index is 6.57. The van der Waals surface area contributed by atoms with Gasteiger partial charge in [0, 0.05) is 17.1 Å². The summed E-state index contributed by atoms with van der Waals surface area (Å²) in [4.78, 5) is 0. The maximum absolute atomic E-state index is 6.57. The zero-order valence-corrected chi connectivity index (χ0v) is 5.58. The molecule has 1 N–H and O–H groups in total. The molecule has 0 spiro atoms. The van der Waals surface area contributed by atoms with Gasteiger partial charge in [-0.2, -0.15) is 5.11 Å². The standard InChI is InChI=1S/C6H6N2.Cu/c7-8-6-4-2-1-3-5-6;/h1-5,7H;. The van der Waals surface area contributed by atoms with Gasteiger partial charge in [0.1, 0.15) is 0 Å². The van der Waals surface area contributed by atoms with Gasteiger partial charge in [0.15, 0.2) is 0 Å². The third-order valence-corrected chi connectivity index (χ3v) is 0.885. The van der Waals surface area contributed by atoms with E-state index in [1.807, 2.05) is 18.2 Å². The van der Waals surface area contributed by atoms with E-state index in [1.165, 1.54) is 0 Å². The van der Waals surface area contributed by atoms with E-state index in [9.17, 15) is 0 Å². The first-order valence-corrected chi connectivity index (χ1v) is 2.36. The Morgan fingerprint density at radius 2 is 1.67 bits per heavy atom. The molecule has 0 fully saturated rings. The molecule has 0 bridgehead atoms. The molecule has 0 aromatic heterocycles. The van der Waals surface area contributed by atoms with Crippen molar-refractivity contribution in [3.8, 4) is 0 Å². The average molecular weight is 170 g/mol. The van der Waals surface area contributed by atoms with Crippen molar-refractivity contribution >= 4 is 5.69 Å². The second-order valence-corrected chi connectivity index (χ2v) is 1.45. The predicted octanol–water partition coefficient (Wildman–Crippen LogP) is 2.35. The van der Waals surface area contributed by atoms with Crippen LogP contribution >= 0.6 is 0 Å². The average Bonchev–Trinajstić information content (AvgIpc) is 1.90. The van der Waals surface area contributed by atoms with Gasteiger partial charge in [-0.3, -0.25) is 0 Å². The number of benzene rings is 1. The zero-order chi connectivity index (χ0) is 5.82. The summed E-state index contributed by atoms with van der Waals surface area (Å²) >= 11 is 0. The van der Waals surface area contributed by atoms with Gasteiger partial charge >= 0.3 is 0 Å². The van der Waals surface area contributed by atoms with Crippen LogP contribution in [0.15, 0.2) is 35.4 Å². The molecule has 2 nitrogen and oxygen atoms in total. The third-order valence-electron chi connectivity index (χ3n) is 0.885. The number of rotatable bonds is 1. The van der Waals surface area contributed by atoms with Gasteiger partial charge < -0.3 is 0 Å². The monoisotopic (exact) mass is 169 g/mol. The number of hydrogen-bond acceptors (Lipinski definition) is 2. The summed E-state index contributed by atoms with van der Waals surface area (Å²) in [5, 5.41) is 3.22. The van der Waals surface area contributed by atoms with Crippen LogP contribution in [0.3, 0.4) is 0 Å². The molecule has 0 aliphatic rings. The largest absolute Gasteiger partial charge is 0.204 e. The van der Waals surface area contributed by atoms with E-state index in [1.54, 1.807) is 12.1 Å². The smallest absolute Gasteiger partial charge is 0.0849 e. The molecule has 0 saturated heterocycles. The van der Waals surface area contributed by atoms with Gasteiger partial charge in [0.25, 0.3) is 0 Å². The molecular formula is C6H6CuN2. The van der Waals surface area contributed by atoms with Crippen LogP contribution in [0.5, 0.6) is 0 Å². The Balaban J connectivity index is 0.000000640. The second kappa shape index (κ2) is 4.24. The summed E-state index contributed by atoms with van der Waals surface area (Å²) < 4.78 is 0. The Hall–Kier alpha value is -0.661. The van der Waals surface area contributed by atoms with Crippen LogP contribution in [0.25, 0.3) is 0 Å². The fraction of sp³-hybridized carbons (Fsp3) is 0. The third kappa shape index (κ3) is 2.40. The van der Waals surface area contributed by atoms with Crippen molar-refractivity contribution in [1.82, 2.24) is 0 Å². The molecule has 0 unspecified atom stereocenters. The number of para-hydroxylation sites is 1. The van der Waals surface area contributed by atoms with Gasteiger partial charge in [0.2, 0.25) is 0 Å². The topological polar surface area (TPSA) is 36.2 Å². The molecular weight excluding hydrogens is 164 g/mol. The number of nitrogens with one attached hydrogen (secondary N) is 1. The van der Waals surface area contributed by atoms with Crippen molar-refractivity contribution in [2.45, 2.75) is 0 Å². The molecule has 9 heavy (non-hydrogen) atoms. The van der Waals surface area contributed by atoms with Crippen molar-refractivity contribution in [3.05, 3.63) is 30.3 Å². The minimum Gasteiger partial charge on any atom is -0.204 e. The van der Waals surface area contributed by atoms with Crippen LogP contribution in [-0.4, -0.2) is 0 Å². The van der Waals surface area contributed by atoms with E-state index in [2.05, 4.69) is 5.11 Å². The number of nitrogens with zero attached hydrogens (tertiary/aromatic N) is 1. The number of hydrogen-bond donors (Lipinski definition) is 1. The van der Waals surface area contributed by atoms with Crippen molar-refractivity contribution in [2.24, 2.45) is 5.11 Å². The van der Waals surface area contributed by atoms with Crippen LogP contribution in [-0.2, 0) is 17.1 Å². The molecule has 0 aliphatic heterocycles. The fourth-order valence-corrected chi connectivity index (χ4v) is 0.503. The van der Waals surface area contributed by atoms with Crippen molar-refractivity contribution in [1.29, 1.82) is 5.53 Å². The fourth-order valence-electron chi connectivity index (χ4n) is 0.503. The first-order valence-electron chi connectivity index (χ1n) is 2.36. The molecule has 51 valence electrons. The molecule has 3 heteroatoms. The Kier molecular flexibility index (Phi) is 3.93. The van der Waals surface area contributed by atoms with E-state index >= 15 is 0 Å². The van der Waals surface area contributed by atoms with Crippen LogP contribution in [0.1, 0.15) is 0 Å². The van der Waals surface area contributed by atoms with E-state index in [0.717, 1.165) is 0 Å². The van der Waals surface area contributed by atoms with Gasteiger partial charge in [-0.15, -0.1) is 0 Å². The van der Waals surface area contributed by atoms with Crippen LogP contribution in [0.4, 0.5) is 5.69 Å². The molecule has 0 atom stereocenters. The zero-order valence-electron chi connectivity index (χ0n) is 4.64. The maximum Gasteiger partial charge on any atom is 0.0849 e. The normalized spacial score (nSPS) is 7.56. The van der Waals surface area contributed by atoms with Crippen LogP contribution in [0.2, 0.25) is 0 Å². The quantitative estimate of drug-likeness (QED) is 0.495. The van der Waals surface area contributed by atoms with Gasteiger partial charge in [0.05, 0.1) is 5.69 Å². The first-order chi connectivity index (χ1) is 3.93. The van der Waals surface area contributed by atoms with E-state index in [-0.39, 0.29) is 17.1 Å². The molecule has 1 aromatic carbocycles. The Morgan fingerprint density at radius 3 is 2.00 bits per heavy atom. The van der Waals surface area contributed by atoms with Gasteiger partial charge in [-0.25, -0.2) is 5.53 Å². The van der Waals surface area contributed by atoms with Crippen LogP contribution < -0.4 is 0 Å². The molecule has 0 aliphatic carbocycles. The van der Waals surface area contributed by atoms with E-state index < -0.39 is 0 Å². The first kappa shape index (κ1) is 8.34. The van der Waals surface area contributed by atoms with Crippen molar-refractivity contribution < 1.29 is 17.1 Å². The van der Waals surface area contributed by atoms with Crippen molar-refractivity contribution in [3.63, 3.8) is 0 Å². The molecule has 1 radical (unpaired) electrons. The molecule has 0 heterocycles. The van der Waals surface area contributed by atoms with E-state index in [4.69, 9.17) is 5.53 Å². The Morgan fingerprint density at radius 1 is 1.11 bits per heavy atom. The Bertz CT molecular complexity index is 174. The summed E-state index contributed by atoms with van der Waals surface area (Å²) in [6.45, 7) is 0. The summed E-state index contributed by atoms with van der Waals surface area (Å²) in [6, 6.07) is 9.18. The van der Waals surface area contributed by atoms with Gasteiger partial charge in [-0.05, 0) is 12.1 Å². The van der Waals surface area contributed by atoms with Crippen LogP contribution in [0, 0.1) is 5.53 Å². The summed E-state index contributed by atoms with van der Waals surface area (Å²) in [6.07, 6.45) is 0. The predicted molar refractivity (Wildman–Crippen MR) is 31.2 cm³/mol. The Labute approximate surface area is 64.3 Å². The minimum absolute atomic E-state index is 0. The SMILES string of the molecule is N=Nc1ccccc1.[Cu]. The summed E-state index contributed by atoms with van der Waals surface area (Å²) in [5.41, 5.74) is 7.27. The molecule has 0 saturated carbocycles. The van der Waals surface area contributed by atoms with Crippen molar-refractivity contribution in [2.75, 3.05) is 0 Å². The van der Waals surface area contributed by atoms with E-state index in [0.29, 0.717) is 5.69 Å². The second-order valence-electron chi connectivity index (χ2n) is 1.45. The van der Waals surface area contributed by atoms with Gasteiger partial charge in [-0.1, -0.05) is 18.2 Å². The molecule has 0 amide bonds. The summed E-state index contributed by atoms with van der Waals surface area (Å²) in [7, 11) is 0. The molecule has 1 rings (SSSR count). The molecule has 1 aromatic rings.